The van der Waals surface area contributed by atoms with Crippen molar-refractivity contribution in [2.24, 2.45) is 0 Å². The molecule has 0 bridgehead atoms. The number of hydrogen-bond acceptors (Lipinski definition) is 5. The molecule has 29 heavy (non-hydrogen) atoms. The molecule has 0 radical (unpaired) electrons. The molecule has 0 aliphatic carbocycles. The lowest BCUT2D eigenvalue weighted by Crippen LogP contribution is -2.38. The highest BCUT2D eigenvalue weighted by atomic mass is 19.3. The molecule has 176 valence electrons. The summed E-state index contributed by atoms with van der Waals surface area (Å²) in [6.07, 6.45) is -13.7. The maximum absolute atomic E-state index is 13.3. The van der Waals surface area contributed by atoms with Gasteiger partial charge in [0.25, 0.3) is 0 Å². The van der Waals surface area contributed by atoms with Crippen molar-refractivity contribution in [2.45, 2.75) is 49.7 Å². The Balaban J connectivity index is 4.82. The van der Waals surface area contributed by atoms with Crippen molar-refractivity contribution in [2.75, 3.05) is 53.9 Å². The van der Waals surface area contributed by atoms with Gasteiger partial charge in [0.15, 0.2) is 0 Å². The highest BCUT2D eigenvalue weighted by molar-refractivity contribution is 4.77. The van der Waals surface area contributed by atoms with Crippen LogP contribution in [0.1, 0.15) is 12.8 Å². The van der Waals surface area contributed by atoms with Crippen LogP contribution in [0.15, 0.2) is 0 Å². The molecule has 0 aliphatic rings. The van der Waals surface area contributed by atoms with Gasteiger partial charge in [0, 0.05) is 27.1 Å². The summed E-state index contributed by atoms with van der Waals surface area (Å²) in [7, 11) is 2.60. The van der Waals surface area contributed by atoms with E-state index in [1.54, 1.807) is 0 Å². The molecule has 5 nitrogen and oxygen atoms in total. The lowest BCUT2D eigenvalue weighted by molar-refractivity contribution is -0.174. The summed E-state index contributed by atoms with van der Waals surface area (Å²) in [6, 6.07) is 0. The Kier molecular flexibility index (Phi) is 13.9. The number of methoxy groups -OCH3 is 2. The van der Waals surface area contributed by atoms with E-state index in [0.29, 0.717) is 0 Å². The van der Waals surface area contributed by atoms with Gasteiger partial charge >= 0.3 is 24.7 Å². The van der Waals surface area contributed by atoms with Gasteiger partial charge in [0.05, 0.1) is 51.8 Å². The topological polar surface area (TPSA) is 46.2 Å². The van der Waals surface area contributed by atoms with Gasteiger partial charge in [-0.1, -0.05) is 0 Å². The van der Waals surface area contributed by atoms with Crippen LogP contribution in [-0.2, 0) is 23.7 Å². The molecule has 0 aromatic heterocycles. The largest absolute Gasteiger partial charge is 0.382 e. The summed E-state index contributed by atoms with van der Waals surface area (Å²) in [6.45, 7) is -1.78. The summed E-state index contributed by atoms with van der Waals surface area (Å²) in [4.78, 5) is 0. The van der Waals surface area contributed by atoms with E-state index in [1.807, 2.05) is 0 Å². The van der Waals surface area contributed by atoms with Crippen LogP contribution in [0.4, 0.5) is 35.1 Å². The first-order chi connectivity index (χ1) is 13.5. The minimum absolute atomic E-state index is 0.0138. The van der Waals surface area contributed by atoms with Gasteiger partial charge in [-0.25, -0.2) is 35.1 Å². The van der Waals surface area contributed by atoms with Crippen LogP contribution in [0, 0.1) is 0 Å². The third kappa shape index (κ3) is 12.5. The molecule has 0 spiro atoms. The number of ether oxygens (including phenoxy) is 5. The molecule has 0 rings (SSSR count). The zero-order valence-corrected chi connectivity index (χ0v) is 16.0. The van der Waals surface area contributed by atoms with Crippen molar-refractivity contribution in [3.8, 4) is 0 Å². The molecule has 0 N–H and O–H groups in total. The van der Waals surface area contributed by atoms with Crippen molar-refractivity contribution in [3.63, 3.8) is 0 Å². The molecule has 0 saturated carbocycles. The van der Waals surface area contributed by atoms with E-state index in [1.165, 1.54) is 14.2 Å². The Morgan fingerprint density at radius 2 is 0.966 bits per heavy atom. The van der Waals surface area contributed by atoms with Crippen molar-refractivity contribution >= 4 is 0 Å². The number of hydrogen-bond donors (Lipinski definition) is 0. The second kappa shape index (κ2) is 14.3. The highest BCUT2D eigenvalue weighted by Crippen LogP contribution is 2.30. The van der Waals surface area contributed by atoms with Crippen molar-refractivity contribution in [3.05, 3.63) is 0 Å². The Bertz CT molecular complexity index is 379. The van der Waals surface area contributed by atoms with E-state index in [-0.39, 0.29) is 26.4 Å². The molecular formula is C16H26F8O5. The monoisotopic (exact) mass is 450 g/mol. The lowest BCUT2D eigenvalue weighted by atomic mass is 10.1. The number of rotatable bonds is 18. The van der Waals surface area contributed by atoms with E-state index in [4.69, 9.17) is 14.2 Å². The average molecular weight is 450 g/mol. The maximum Gasteiger partial charge on any atom is 0.310 e. The van der Waals surface area contributed by atoms with E-state index < -0.39 is 63.0 Å². The standard InChI is InChI=1S/C16H26F8O5/c1-25-3-5-28-11(7-15(21,22)13(17)18)9-27-10-12(29-6-4-26-2)8-16(23,24)14(19)20/h11-14H,3-10H2,1-2H3. The van der Waals surface area contributed by atoms with Gasteiger partial charge in [-0.15, -0.1) is 0 Å². The molecule has 13 heteroatoms. The molecule has 2 unspecified atom stereocenters. The molecule has 0 aliphatic heterocycles. The fourth-order valence-electron chi connectivity index (χ4n) is 2.04. The predicted octanol–water partition coefficient (Wildman–Crippen LogP) is 3.65. The zero-order chi connectivity index (χ0) is 22.5. The molecule has 0 saturated heterocycles. The van der Waals surface area contributed by atoms with Crippen LogP contribution in [0.25, 0.3) is 0 Å². The van der Waals surface area contributed by atoms with E-state index in [2.05, 4.69) is 9.47 Å². The zero-order valence-electron chi connectivity index (χ0n) is 16.0. The van der Waals surface area contributed by atoms with Crippen LogP contribution in [-0.4, -0.2) is 90.8 Å². The SMILES string of the molecule is COCCOC(COCC(CC(F)(F)C(F)F)OCCOC)CC(F)(F)C(F)F. The summed E-state index contributed by atoms with van der Waals surface area (Å²) < 4.78 is 127. The Labute approximate surface area is 163 Å². The average Bonchev–Trinajstić information content (AvgIpc) is 2.61. The second-order valence-electron chi connectivity index (χ2n) is 6.04. The van der Waals surface area contributed by atoms with Crippen LogP contribution < -0.4 is 0 Å². The predicted molar refractivity (Wildman–Crippen MR) is 85.2 cm³/mol. The molecule has 0 fully saturated rings. The van der Waals surface area contributed by atoms with E-state index in [9.17, 15) is 35.1 Å². The van der Waals surface area contributed by atoms with Crippen LogP contribution >= 0.6 is 0 Å². The van der Waals surface area contributed by atoms with Crippen molar-refractivity contribution < 1.29 is 58.8 Å². The molecule has 2 atom stereocenters. The van der Waals surface area contributed by atoms with Crippen LogP contribution in [0.3, 0.4) is 0 Å². The second-order valence-corrected chi connectivity index (χ2v) is 6.04. The summed E-state index contributed by atoms with van der Waals surface area (Å²) >= 11 is 0. The quantitative estimate of drug-likeness (QED) is 0.236. The Morgan fingerprint density at radius 3 is 1.24 bits per heavy atom. The van der Waals surface area contributed by atoms with Crippen molar-refractivity contribution in [1.82, 2.24) is 0 Å². The van der Waals surface area contributed by atoms with Gasteiger partial charge in [0.1, 0.15) is 0 Å². The van der Waals surface area contributed by atoms with Crippen LogP contribution in [0.5, 0.6) is 0 Å². The van der Waals surface area contributed by atoms with Gasteiger partial charge in [-0.2, -0.15) is 0 Å². The molecule has 0 amide bonds. The number of alkyl halides is 8. The number of halogens is 8. The Hall–Kier alpha value is -0.760. The maximum atomic E-state index is 13.3. The summed E-state index contributed by atoms with van der Waals surface area (Å²) in [5.41, 5.74) is 0. The van der Waals surface area contributed by atoms with Gasteiger partial charge in [-0.05, 0) is 0 Å². The highest BCUT2D eigenvalue weighted by Gasteiger charge is 2.44. The fraction of sp³-hybridized carbons (Fsp3) is 1.00. The van der Waals surface area contributed by atoms with Gasteiger partial charge in [0.2, 0.25) is 0 Å². The lowest BCUT2D eigenvalue weighted by Gasteiger charge is -2.26. The third-order valence-corrected chi connectivity index (χ3v) is 3.53. The van der Waals surface area contributed by atoms with Gasteiger partial charge < -0.3 is 23.7 Å². The van der Waals surface area contributed by atoms with E-state index >= 15 is 0 Å². The van der Waals surface area contributed by atoms with Gasteiger partial charge in [-0.3, -0.25) is 0 Å². The first-order valence-electron chi connectivity index (χ1n) is 8.57. The smallest absolute Gasteiger partial charge is 0.310 e. The first-order valence-corrected chi connectivity index (χ1v) is 8.57. The molecule has 0 aromatic carbocycles. The molecule has 0 heterocycles. The first kappa shape index (κ1) is 28.2. The fourth-order valence-corrected chi connectivity index (χ4v) is 2.04. The normalized spacial score (nSPS) is 15.3. The minimum atomic E-state index is -4.36. The molecular weight excluding hydrogens is 424 g/mol. The Morgan fingerprint density at radius 1 is 0.621 bits per heavy atom. The van der Waals surface area contributed by atoms with Crippen LogP contribution in [0.2, 0.25) is 0 Å². The summed E-state index contributed by atoms with van der Waals surface area (Å²) in [5, 5.41) is 0. The molecule has 0 aromatic rings. The van der Waals surface area contributed by atoms with Crippen molar-refractivity contribution in [1.29, 1.82) is 0 Å². The third-order valence-electron chi connectivity index (χ3n) is 3.53. The minimum Gasteiger partial charge on any atom is -0.382 e. The van der Waals surface area contributed by atoms with E-state index in [0.717, 1.165) is 0 Å². The summed E-state index contributed by atoms with van der Waals surface area (Å²) in [5.74, 6) is -8.73.